The second kappa shape index (κ2) is 11.9. The molecule has 0 aliphatic carbocycles. The molecule has 1 N–H and O–H groups in total. The SMILES string of the molecule is CC(C)C#Cc1ccc2c(c1)O[C@@H](CN(C)CC1CCOCC1)[C@H](C)CN([C@@H](C)CO)S2(=O)=O. The molecule has 1 aromatic rings. The molecule has 1 saturated heterocycles. The van der Waals surface area contributed by atoms with Crippen molar-refractivity contribution in [3.63, 3.8) is 0 Å². The van der Waals surface area contributed by atoms with Crippen LogP contribution in [0.4, 0.5) is 0 Å². The first-order chi connectivity index (χ1) is 16.1. The Kier molecular flexibility index (Phi) is 9.41. The first kappa shape index (κ1) is 27.0. The number of aliphatic hydroxyl groups excluding tert-OH is 1. The van der Waals surface area contributed by atoms with E-state index in [0.717, 1.165) is 38.2 Å². The van der Waals surface area contributed by atoms with Gasteiger partial charge in [-0.3, -0.25) is 0 Å². The average Bonchev–Trinajstić information content (AvgIpc) is 2.80. The summed E-state index contributed by atoms with van der Waals surface area (Å²) in [6.07, 6.45) is 1.92. The van der Waals surface area contributed by atoms with Crippen LogP contribution in [0.25, 0.3) is 0 Å². The van der Waals surface area contributed by atoms with Crippen molar-refractivity contribution in [2.24, 2.45) is 17.8 Å². The normalized spacial score (nSPS) is 24.5. The standard InChI is InChI=1S/C26H40N2O5S/c1-19(2)6-7-22-8-9-26-24(14-22)33-25(17-27(5)16-23-10-12-32-13-11-23)20(3)15-28(21(4)18-29)34(26,30)31/h8-9,14,19-21,23,25,29H,10-13,15-18H2,1-5H3/t20-,21+,25+/m1/s1. The minimum absolute atomic E-state index is 0.0699. The van der Waals surface area contributed by atoms with Crippen molar-refractivity contribution in [2.45, 2.75) is 57.6 Å². The maximum absolute atomic E-state index is 13.6. The summed E-state index contributed by atoms with van der Waals surface area (Å²) in [6, 6.07) is 4.53. The smallest absolute Gasteiger partial charge is 0.247 e. The largest absolute Gasteiger partial charge is 0.487 e. The van der Waals surface area contributed by atoms with Crippen molar-refractivity contribution in [3.8, 4) is 17.6 Å². The van der Waals surface area contributed by atoms with Gasteiger partial charge in [-0.25, -0.2) is 8.42 Å². The van der Waals surface area contributed by atoms with Crippen LogP contribution in [0.3, 0.4) is 0 Å². The third-order valence-electron chi connectivity index (χ3n) is 6.57. The fourth-order valence-electron chi connectivity index (χ4n) is 4.50. The summed E-state index contributed by atoms with van der Waals surface area (Å²) in [5, 5.41) is 9.80. The maximum atomic E-state index is 13.6. The van der Waals surface area contributed by atoms with Crippen LogP contribution in [-0.4, -0.2) is 81.4 Å². The van der Waals surface area contributed by atoms with E-state index >= 15 is 0 Å². The van der Waals surface area contributed by atoms with Gasteiger partial charge in [-0.05, 0) is 50.9 Å². The molecule has 34 heavy (non-hydrogen) atoms. The van der Waals surface area contributed by atoms with Crippen LogP contribution in [0, 0.1) is 29.6 Å². The van der Waals surface area contributed by atoms with Crippen molar-refractivity contribution in [2.75, 3.05) is 46.5 Å². The second-order valence-corrected chi connectivity index (χ2v) is 12.0. The number of rotatable bonds is 6. The number of hydrogen-bond acceptors (Lipinski definition) is 6. The van der Waals surface area contributed by atoms with Crippen molar-refractivity contribution in [1.29, 1.82) is 0 Å². The van der Waals surface area contributed by atoms with E-state index in [-0.39, 0.29) is 36.0 Å². The number of sulfonamides is 1. The van der Waals surface area contributed by atoms with Gasteiger partial charge < -0.3 is 19.5 Å². The average molecular weight is 493 g/mol. The molecule has 8 heteroatoms. The lowest BCUT2D eigenvalue weighted by Gasteiger charge is -2.38. The Labute approximate surface area is 205 Å². The Bertz CT molecular complexity index is 979. The fourth-order valence-corrected chi connectivity index (χ4v) is 6.33. The molecular weight excluding hydrogens is 452 g/mol. The molecule has 0 unspecified atom stereocenters. The predicted octanol–water partition coefficient (Wildman–Crippen LogP) is 2.82. The zero-order valence-corrected chi connectivity index (χ0v) is 22.0. The number of fused-ring (bicyclic) bond motifs is 1. The maximum Gasteiger partial charge on any atom is 0.247 e. The van der Waals surface area contributed by atoms with Gasteiger partial charge in [0.2, 0.25) is 10.0 Å². The first-order valence-electron chi connectivity index (χ1n) is 12.3. The second-order valence-electron chi connectivity index (χ2n) is 10.1. The summed E-state index contributed by atoms with van der Waals surface area (Å²) in [7, 11) is -1.74. The van der Waals surface area contributed by atoms with Crippen LogP contribution in [0.5, 0.6) is 5.75 Å². The van der Waals surface area contributed by atoms with Crippen LogP contribution in [-0.2, 0) is 14.8 Å². The zero-order valence-electron chi connectivity index (χ0n) is 21.2. The molecule has 0 aromatic heterocycles. The van der Waals surface area contributed by atoms with Gasteiger partial charge in [-0.1, -0.05) is 32.6 Å². The van der Waals surface area contributed by atoms with Crippen LogP contribution in [0.15, 0.2) is 23.1 Å². The predicted molar refractivity (Wildman–Crippen MR) is 133 cm³/mol. The van der Waals surface area contributed by atoms with Gasteiger partial charge in [-0.15, -0.1) is 0 Å². The number of likely N-dealkylation sites (N-methyl/N-ethyl adjacent to an activating group) is 1. The van der Waals surface area contributed by atoms with Crippen LogP contribution < -0.4 is 4.74 Å². The van der Waals surface area contributed by atoms with Gasteiger partial charge in [0.05, 0.1) is 6.61 Å². The third kappa shape index (κ3) is 6.73. The third-order valence-corrected chi connectivity index (χ3v) is 8.59. The topological polar surface area (TPSA) is 79.3 Å². The highest BCUT2D eigenvalue weighted by Gasteiger charge is 2.38. The van der Waals surface area contributed by atoms with Crippen molar-refractivity contribution in [3.05, 3.63) is 23.8 Å². The van der Waals surface area contributed by atoms with Gasteiger partial charge >= 0.3 is 0 Å². The first-order valence-corrected chi connectivity index (χ1v) is 13.8. The Morgan fingerprint density at radius 1 is 1.21 bits per heavy atom. The van der Waals surface area contributed by atoms with Gasteiger partial charge in [0.1, 0.15) is 16.7 Å². The van der Waals surface area contributed by atoms with E-state index in [1.165, 1.54) is 4.31 Å². The van der Waals surface area contributed by atoms with Crippen LogP contribution in [0.2, 0.25) is 0 Å². The highest BCUT2D eigenvalue weighted by atomic mass is 32.2. The van der Waals surface area contributed by atoms with Crippen LogP contribution >= 0.6 is 0 Å². The lowest BCUT2D eigenvalue weighted by Crippen LogP contribution is -2.50. The molecule has 2 aliphatic heterocycles. The Morgan fingerprint density at radius 2 is 1.91 bits per heavy atom. The Balaban J connectivity index is 1.94. The Morgan fingerprint density at radius 3 is 2.56 bits per heavy atom. The number of nitrogens with zero attached hydrogens (tertiary/aromatic N) is 2. The van der Waals surface area contributed by atoms with Gasteiger partial charge in [0.25, 0.3) is 0 Å². The number of aliphatic hydroxyl groups is 1. The van der Waals surface area contributed by atoms with E-state index in [1.807, 2.05) is 20.8 Å². The van der Waals surface area contributed by atoms with Crippen LogP contribution in [0.1, 0.15) is 46.1 Å². The molecule has 3 atom stereocenters. The van der Waals surface area contributed by atoms with Crippen molar-refractivity contribution >= 4 is 10.0 Å². The lowest BCUT2D eigenvalue weighted by atomic mass is 9.98. The molecule has 0 radical (unpaired) electrons. The molecular formula is C26H40N2O5S. The molecule has 0 spiro atoms. The van der Waals surface area contributed by atoms with Gasteiger partial charge in [-0.2, -0.15) is 4.31 Å². The van der Waals surface area contributed by atoms with E-state index in [2.05, 4.69) is 23.8 Å². The van der Waals surface area contributed by atoms with Gasteiger partial charge in [0.15, 0.2) is 0 Å². The number of ether oxygens (including phenoxy) is 2. The molecule has 0 bridgehead atoms. The summed E-state index contributed by atoms with van der Waals surface area (Å²) < 4.78 is 40.5. The molecule has 1 fully saturated rings. The summed E-state index contributed by atoms with van der Waals surface area (Å²) in [5.41, 5.74) is 0.729. The Hall–Kier alpha value is -1.63. The number of hydrogen-bond donors (Lipinski definition) is 1. The molecule has 7 nitrogen and oxygen atoms in total. The number of benzene rings is 1. The quantitative estimate of drug-likeness (QED) is 0.616. The zero-order chi connectivity index (χ0) is 24.9. The molecule has 3 rings (SSSR count). The lowest BCUT2D eigenvalue weighted by molar-refractivity contribution is 0.0402. The summed E-state index contributed by atoms with van der Waals surface area (Å²) in [6.45, 7) is 11.1. The molecule has 0 saturated carbocycles. The van der Waals surface area contributed by atoms with Crippen molar-refractivity contribution < 1.29 is 23.0 Å². The van der Waals surface area contributed by atoms with E-state index in [4.69, 9.17) is 9.47 Å². The van der Waals surface area contributed by atoms with Gasteiger partial charge in [0, 0.05) is 56.3 Å². The molecule has 1 aromatic carbocycles. The molecule has 2 aliphatic rings. The van der Waals surface area contributed by atoms with E-state index in [0.29, 0.717) is 18.2 Å². The summed E-state index contributed by atoms with van der Waals surface area (Å²) in [4.78, 5) is 2.42. The monoisotopic (exact) mass is 492 g/mol. The summed E-state index contributed by atoms with van der Waals surface area (Å²) >= 11 is 0. The van der Waals surface area contributed by atoms with E-state index in [9.17, 15) is 13.5 Å². The summed E-state index contributed by atoms with van der Waals surface area (Å²) in [5.74, 6) is 7.33. The highest BCUT2D eigenvalue weighted by molar-refractivity contribution is 7.89. The molecule has 2 heterocycles. The minimum atomic E-state index is -3.84. The fraction of sp³-hybridized carbons (Fsp3) is 0.692. The molecule has 190 valence electrons. The highest BCUT2D eigenvalue weighted by Crippen LogP contribution is 2.34. The minimum Gasteiger partial charge on any atom is -0.487 e. The molecule has 0 amide bonds. The van der Waals surface area contributed by atoms with Crippen molar-refractivity contribution in [1.82, 2.24) is 9.21 Å². The van der Waals surface area contributed by atoms with E-state index < -0.39 is 16.1 Å². The van der Waals surface area contributed by atoms with E-state index in [1.54, 1.807) is 25.1 Å².